The molecule has 3 aliphatic rings. The molecule has 0 aromatic heterocycles. The normalized spacial score (nSPS) is 28.3. The van der Waals surface area contributed by atoms with Crippen LogP contribution in [0.4, 0.5) is 0 Å². The molecule has 2 fully saturated rings. The number of hydrogen-bond acceptors (Lipinski definition) is 7. The van der Waals surface area contributed by atoms with Crippen molar-refractivity contribution in [3.05, 3.63) is 29.3 Å². The number of benzene rings is 1. The van der Waals surface area contributed by atoms with Crippen molar-refractivity contribution in [1.29, 1.82) is 0 Å². The van der Waals surface area contributed by atoms with Gasteiger partial charge in [0.05, 0.1) is 13.2 Å². The first kappa shape index (κ1) is 35.3. The molecule has 6 atom stereocenters. The number of carbonyl (C=O) groups is 2. The Hall–Kier alpha value is -1.53. The topological polar surface area (TPSA) is 80.3 Å². The second kappa shape index (κ2) is 14.9. The van der Waals surface area contributed by atoms with E-state index in [1.807, 2.05) is 12.1 Å². The summed E-state index contributed by atoms with van der Waals surface area (Å²) in [7, 11) is -0.876. The highest BCUT2D eigenvalue weighted by Crippen LogP contribution is 2.63. The minimum absolute atomic E-state index is 0.0119. The predicted molar refractivity (Wildman–Crippen MR) is 180 cm³/mol. The fourth-order valence-corrected chi connectivity index (χ4v) is 9.40. The molecule has 4 rings (SSSR count). The van der Waals surface area contributed by atoms with Crippen LogP contribution in [0, 0.1) is 23.2 Å². The Morgan fingerprint density at radius 1 is 0.955 bits per heavy atom. The standard InChI is InChI=1S/C35H58O7Si2/c1-35-17-16-27-26-13-12-25(41-23-39-18-20-43(3,4)5)22-29(26)34(37)28(10-9-11-32(36)38-2)33(27)30(35)14-15-31(35)42-24-40-19-21-44(6,7)8/h12-13,22,27-28,30-31,33H,9-11,14-21,23-24H2,1-8H3/t27-,28+,30+,31+,33+,35+/m1/s1. The predicted octanol–water partition coefficient (Wildman–Crippen LogP) is 8.14. The molecular formula is C35H58O7Si2. The van der Waals surface area contributed by atoms with Crippen LogP contribution in [0.15, 0.2) is 18.2 Å². The number of Topliss-reactive ketones (excluding diaryl/α,β-unsaturated/α-hetero) is 1. The Labute approximate surface area is 268 Å². The van der Waals surface area contributed by atoms with Crippen molar-refractivity contribution in [3.8, 4) is 5.75 Å². The van der Waals surface area contributed by atoms with E-state index in [9.17, 15) is 9.59 Å². The molecule has 248 valence electrons. The van der Waals surface area contributed by atoms with Crippen LogP contribution in [0.2, 0.25) is 51.4 Å². The van der Waals surface area contributed by atoms with Gasteiger partial charge >= 0.3 is 5.97 Å². The molecular weight excluding hydrogens is 589 g/mol. The van der Waals surface area contributed by atoms with Crippen LogP contribution < -0.4 is 4.74 Å². The largest absolute Gasteiger partial charge is 0.469 e. The molecule has 1 aromatic carbocycles. The van der Waals surface area contributed by atoms with Crippen LogP contribution in [0.25, 0.3) is 0 Å². The lowest BCUT2D eigenvalue weighted by atomic mass is 9.51. The summed E-state index contributed by atoms with van der Waals surface area (Å²) in [5, 5.41) is 0. The van der Waals surface area contributed by atoms with Gasteiger partial charge in [0.2, 0.25) is 0 Å². The Morgan fingerprint density at radius 2 is 1.64 bits per heavy atom. The highest BCUT2D eigenvalue weighted by Gasteiger charge is 2.58. The third-order valence-electron chi connectivity index (χ3n) is 10.5. The molecule has 0 unspecified atom stereocenters. The SMILES string of the molecule is COC(=O)CCC[C@@H]1C(=O)c2cc(OCOCC[Si](C)(C)C)ccc2[C@H]2CC[C@]3(C)[C@@H](OCOCC[Si](C)(C)C)CC[C@H]3[C@H]12. The third kappa shape index (κ3) is 8.84. The number of methoxy groups -OCH3 is 1. The van der Waals surface area contributed by atoms with Gasteiger partial charge in [0.15, 0.2) is 12.6 Å². The molecule has 3 aliphatic carbocycles. The van der Waals surface area contributed by atoms with Crippen LogP contribution in [-0.2, 0) is 23.7 Å². The minimum Gasteiger partial charge on any atom is -0.469 e. The lowest BCUT2D eigenvalue weighted by Crippen LogP contribution is -2.49. The quantitative estimate of drug-likeness (QED) is 0.0776. The molecule has 0 spiro atoms. The van der Waals surface area contributed by atoms with Crippen LogP contribution in [0.3, 0.4) is 0 Å². The van der Waals surface area contributed by atoms with E-state index in [0.717, 1.165) is 55.5 Å². The van der Waals surface area contributed by atoms with E-state index in [1.54, 1.807) is 0 Å². The highest BCUT2D eigenvalue weighted by atomic mass is 28.3. The number of hydrogen-bond donors (Lipinski definition) is 0. The first-order chi connectivity index (χ1) is 20.7. The number of rotatable bonds is 16. The van der Waals surface area contributed by atoms with Crippen LogP contribution >= 0.6 is 0 Å². The third-order valence-corrected chi connectivity index (χ3v) is 13.9. The zero-order valence-corrected chi connectivity index (χ0v) is 30.7. The maximum Gasteiger partial charge on any atom is 0.305 e. The molecule has 7 nitrogen and oxygen atoms in total. The van der Waals surface area contributed by atoms with Gasteiger partial charge in [-0.05, 0) is 91.5 Å². The summed E-state index contributed by atoms with van der Waals surface area (Å²) < 4.78 is 29.0. The van der Waals surface area contributed by atoms with Gasteiger partial charge in [-0.25, -0.2) is 0 Å². The second-order valence-corrected chi connectivity index (χ2v) is 27.3. The highest BCUT2D eigenvalue weighted by molar-refractivity contribution is 6.76. The molecule has 0 saturated heterocycles. The van der Waals surface area contributed by atoms with E-state index in [1.165, 1.54) is 7.11 Å². The van der Waals surface area contributed by atoms with Gasteiger partial charge < -0.3 is 23.7 Å². The van der Waals surface area contributed by atoms with Crippen molar-refractivity contribution in [2.24, 2.45) is 23.2 Å². The van der Waals surface area contributed by atoms with Crippen LogP contribution in [-0.4, -0.2) is 67.9 Å². The van der Waals surface area contributed by atoms with Gasteiger partial charge in [-0.2, -0.15) is 0 Å². The molecule has 0 heterocycles. The van der Waals surface area contributed by atoms with Crippen molar-refractivity contribution in [2.75, 3.05) is 33.9 Å². The summed E-state index contributed by atoms with van der Waals surface area (Å²) in [5.74, 6) is 1.48. The van der Waals surface area contributed by atoms with Crippen LogP contribution in [0.5, 0.6) is 5.75 Å². The summed E-state index contributed by atoms with van der Waals surface area (Å²) in [6.07, 6.45) is 5.99. The maximum atomic E-state index is 14.3. The Kier molecular flexibility index (Phi) is 12.0. The monoisotopic (exact) mass is 646 g/mol. The Bertz CT molecular complexity index is 1130. The van der Waals surface area contributed by atoms with Gasteiger partial charge in [-0.3, -0.25) is 9.59 Å². The fraction of sp³-hybridized carbons (Fsp3) is 0.771. The average molecular weight is 647 g/mol. The lowest BCUT2D eigenvalue weighted by Gasteiger charge is -2.53. The van der Waals surface area contributed by atoms with E-state index in [2.05, 4.69) is 52.3 Å². The zero-order chi connectivity index (χ0) is 32.1. The molecule has 0 aliphatic heterocycles. The van der Waals surface area contributed by atoms with Crippen molar-refractivity contribution in [2.45, 2.75) is 115 Å². The lowest BCUT2D eigenvalue weighted by molar-refractivity contribution is -0.140. The number of esters is 1. The number of ketones is 1. The number of carbonyl (C=O) groups excluding carboxylic acids is 2. The average Bonchev–Trinajstić information content (AvgIpc) is 3.28. The van der Waals surface area contributed by atoms with Gasteiger partial charge in [-0.1, -0.05) is 52.3 Å². The summed E-state index contributed by atoms with van der Waals surface area (Å²) >= 11 is 0. The maximum absolute atomic E-state index is 14.3. The van der Waals surface area contributed by atoms with Crippen molar-refractivity contribution < 1.29 is 33.3 Å². The Balaban J connectivity index is 1.49. The first-order valence-electron chi connectivity index (χ1n) is 16.9. The van der Waals surface area contributed by atoms with E-state index in [4.69, 9.17) is 23.7 Å². The molecule has 1 aromatic rings. The van der Waals surface area contributed by atoms with E-state index >= 15 is 0 Å². The van der Waals surface area contributed by atoms with E-state index in [0.29, 0.717) is 50.2 Å². The summed E-state index contributed by atoms with van der Waals surface area (Å²) in [4.78, 5) is 26.3. The molecule has 0 amide bonds. The molecule has 9 heteroatoms. The minimum atomic E-state index is -1.16. The summed E-state index contributed by atoms with van der Waals surface area (Å²) in [6.45, 7) is 18.5. The van der Waals surface area contributed by atoms with E-state index < -0.39 is 16.1 Å². The van der Waals surface area contributed by atoms with Gasteiger partial charge in [0.1, 0.15) is 12.5 Å². The number of ether oxygens (including phenoxy) is 5. The zero-order valence-electron chi connectivity index (χ0n) is 28.7. The molecule has 0 radical (unpaired) electrons. The number of fused-ring (bicyclic) bond motifs is 5. The molecule has 0 N–H and O–H groups in total. The summed E-state index contributed by atoms with van der Waals surface area (Å²) in [6, 6.07) is 8.31. The summed E-state index contributed by atoms with van der Waals surface area (Å²) in [5.41, 5.74) is 1.97. The second-order valence-electron chi connectivity index (χ2n) is 16.1. The smallest absolute Gasteiger partial charge is 0.305 e. The van der Waals surface area contributed by atoms with Gasteiger partial charge in [-0.15, -0.1) is 0 Å². The molecule has 44 heavy (non-hydrogen) atoms. The van der Waals surface area contributed by atoms with Gasteiger partial charge in [0.25, 0.3) is 0 Å². The van der Waals surface area contributed by atoms with Crippen molar-refractivity contribution in [1.82, 2.24) is 0 Å². The van der Waals surface area contributed by atoms with Crippen molar-refractivity contribution in [3.63, 3.8) is 0 Å². The van der Waals surface area contributed by atoms with E-state index in [-0.39, 0.29) is 41.9 Å². The van der Waals surface area contributed by atoms with Gasteiger partial charge in [0, 0.05) is 47.3 Å². The van der Waals surface area contributed by atoms with Crippen LogP contribution in [0.1, 0.15) is 73.7 Å². The fourth-order valence-electron chi connectivity index (χ4n) is 7.89. The van der Waals surface area contributed by atoms with Crippen molar-refractivity contribution >= 4 is 27.9 Å². The first-order valence-corrected chi connectivity index (χ1v) is 24.3. The Morgan fingerprint density at radius 3 is 2.30 bits per heavy atom. The molecule has 2 saturated carbocycles. The molecule has 0 bridgehead atoms.